The molecule has 2 nitrogen and oxygen atoms in total. The molecule has 21 heavy (non-hydrogen) atoms. The molecule has 0 radical (unpaired) electrons. The van der Waals surface area contributed by atoms with E-state index in [0.717, 1.165) is 6.07 Å². The molecule has 0 unspecified atom stereocenters. The SMILES string of the molecule is Fc1ccc(Cl)c(F)c1-c1cncn1-c1ccc(Cl)cc1. The highest BCUT2D eigenvalue weighted by Crippen LogP contribution is 2.31. The van der Waals surface area contributed by atoms with Crippen LogP contribution >= 0.6 is 23.2 Å². The minimum Gasteiger partial charge on any atom is -0.299 e. The summed E-state index contributed by atoms with van der Waals surface area (Å²) in [5, 5.41) is 0.427. The van der Waals surface area contributed by atoms with Crippen LogP contribution in [-0.4, -0.2) is 9.55 Å². The van der Waals surface area contributed by atoms with Crippen LogP contribution in [0.4, 0.5) is 8.78 Å². The maximum Gasteiger partial charge on any atom is 0.154 e. The molecular weight excluding hydrogens is 317 g/mol. The predicted octanol–water partition coefficient (Wildman–Crippen LogP) is 5.12. The molecule has 0 aliphatic rings. The van der Waals surface area contributed by atoms with E-state index < -0.39 is 11.6 Å². The number of hydrogen-bond donors (Lipinski definition) is 0. The van der Waals surface area contributed by atoms with Gasteiger partial charge in [0.25, 0.3) is 0 Å². The maximum absolute atomic E-state index is 14.2. The Balaban J connectivity index is 2.20. The van der Waals surface area contributed by atoms with Crippen molar-refractivity contribution in [1.29, 1.82) is 0 Å². The Morgan fingerprint density at radius 3 is 2.38 bits per heavy atom. The predicted molar refractivity (Wildman–Crippen MR) is 78.9 cm³/mol. The zero-order valence-electron chi connectivity index (χ0n) is 10.5. The van der Waals surface area contributed by atoms with Crippen LogP contribution in [0.1, 0.15) is 0 Å². The number of aromatic nitrogens is 2. The van der Waals surface area contributed by atoms with Gasteiger partial charge in [-0.15, -0.1) is 0 Å². The highest BCUT2D eigenvalue weighted by molar-refractivity contribution is 6.31. The van der Waals surface area contributed by atoms with E-state index in [1.807, 2.05) is 0 Å². The molecule has 0 saturated carbocycles. The molecule has 2 aromatic carbocycles. The second kappa shape index (κ2) is 5.47. The second-order valence-corrected chi connectivity index (χ2v) is 5.19. The molecule has 6 heteroatoms. The third-order valence-electron chi connectivity index (χ3n) is 3.04. The highest BCUT2D eigenvalue weighted by Gasteiger charge is 2.18. The lowest BCUT2D eigenvalue weighted by molar-refractivity contribution is 0.588. The lowest BCUT2D eigenvalue weighted by Crippen LogP contribution is -1.99. The third-order valence-corrected chi connectivity index (χ3v) is 3.59. The van der Waals surface area contributed by atoms with Crippen molar-refractivity contribution in [2.24, 2.45) is 0 Å². The van der Waals surface area contributed by atoms with Crippen LogP contribution in [0.25, 0.3) is 16.9 Å². The van der Waals surface area contributed by atoms with Crippen molar-refractivity contribution in [3.05, 3.63) is 70.6 Å². The van der Waals surface area contributed by atoms with Crippen LogP contribution in [0, 0.1) is 11.6 Å². The molecule has 1 aromatic heterocycles. The van der Waals surface area contributed by atoms with E-state index in [4.69, 9.17) is 23.2 Å². The van der Waals surface area contributed by atoms with Crippen LogP contribution in [0.15, 0.2) is 48.9 Å². The van der Waals surface area contributed by atoms with Gasteiger partial charge in [0.1, 0.15) is 5.82 Å². The molecule has 106 valence electrons. The van der Waals surface area contributed by atoms with Crippen molar-refractivity contribution in [3.63, 3.8) is 0 Å². The first-order valence-electron chi connectivity index (χ1n) is 6.00. The minimum absolute atomic E-state index is 0.143. The van der Waals surface area contributed by atoms with E-state index >= 15 is 0 Å². The van der Waals surface area contributed by atoms with Crippen LogP contribution in [0.5, 0.6) is 0 Å². The Bertz CT molecular complexity index is 798. The van der Waals surface area contributed by atoms with Crippen molar-refractivity contribution < 1.29 is 8.78 Å². The molecule has 3 aromatic rings. The highest BCUT2D eigenvalue weighted by atomic mass is 35.5. The second-order valence-electron chi connectivity index (χ2n) is 4.34. The number of benzene rings is 2. The minimum atomic E-state index is -0.813. The molecule has 0 fully saturated rings. The fraction of sp³-hybridized carbons (Fsp3) is 0. The summed E-state index contributed by atoms with van der Waals surface area (Å²) in [6.45, 7) is 0. The van der Waals surface area contributed by atoms with Crippen molar-refractivity contribution in [2.45, 2.75) is 0 Å². The summed E-state index contributed by atoms with van der Waals surface area (Å²) >= 11 is 11.6. The van der Waals surface area contributed by atoms with Crippen LogP contribution in [-0.2, 0) is 0 Å². The average molecular weight is 325 g/mol. The number of hydrogen-bond acceptors (Lipinski definition) is 1. The molecule has 1 heterocycles. The zero-order valence-corrected chi connectivity index (χ0v) is 12.0. The monoisotopic (exact) mass is 324 g/mol. The standard InChI is InChI=1S/C15H8Cl2F2N2/c16-9-1-3-10(4-2-9)21-8-20-7-13(21)14-12(18)6-5-11(17)15(14)19/h1-8H. The normalized spacial score (nSPS) is 10.9. The van der Waals surface area contributed by atoms with E-state index in [2.05, 4.69) is 4.98 Å². The lowest BCUT2D eigenvalue weighted by Gasteiger charge is -2.10. The van der Waals surface area contributed by atoms with E-state index in [0.29, 0.717) is 10.7 Å². The molecule has 0 saturated heterocycles. The van der Waals surface area contributed by atoms with Gasteiger partial charge in [-0.05, 0) is 36.4 Å². The fourth-order valence-corrected chi connectivity index (χ4v) is 2.33. The van der Waals surface area contributed by atoms with E-state index in [1.54, 1.807) is 28.8 Å². The number of imidazole rings is 1. The fourth-order valence-electron chi connectivity index (χ4n) is 2.05. The smallest absolute Gasteiger partial charge is 0.154 e. The molecule has 0 atom stereocenters. The van der Waals surface area contributed by atoms with Gasteiger partial charge < -0.3 is 0 Å². The summed E-state index contributed by atoms with van der Waals surface area (Å²) in [4.78, 5) is 3.96. The van der Waals surface area contributed by atoms with Crippen LogP contribution in [0.2, 0.25) is 10.0 Å². The summed E-state index contributed by atoms with van der Waals surface area (Å²) in [5.41, 5.74) is 0.746. The zero-order chi connectivity index (χ0) is 15.0. The Hall–Kier alpha value is -1.91. The Kier molecular flexibility index (Phi) is 3.66. The molecule has 0 amide bonds. The summed E-state index contributed by atoms with van der Waals surface area (Å²) in [7, 11) is 0. The Labute approximate surface area is 129 Å². The van der Waals surface area contributed by atoms with Gasteiger partial charge in [-0.25, -0.2) is 13.8 Å². The molecule has 3 rings (SSSR count). The molecule has 0 spiro atoms. The Morgan fingerprint density at radius 2 is 1.67 bits per heavy atom. The van der Waals surface area contributed by atoms with Crippen molar-refractivity contribution in [2.75, 3.05) is 0 Å². The van der Waals surface area contributed by atoms with Gasteiger partial charge in [0, 0.05) is 10.7 Å². The Morgan fingerprint density at radius 1 is 0.952 bits per heavy atom. The largest absolute Gasteiger partial charge is 0.299 e. The van der Waals surface area contributed by atoms with Gasteiger partial charge in [-0.2, -0.15) is 0 Å². The molecule has 0 aliphatic carbocycles. The molecule has 0 aliphatic heterocycles. The quantitative estimate of drug-likeness (QED) is 0.598. The number of halogens is 4. The van der Waals surface area contributed by atoms with E-state index in [9.17, 15) is 8.78 Å². The molecular formula is C15H8Cl2F2N2. The first-order chi connectivity index (χ1) is 10.1. The van der Waals surface area contributed by atoms with Crippen LogP contribution < -0.4 is 0 Å². The first-order valence-corrected chi connectivity index (χ1v) is 6.75. The topological polar surface area (TPSA) is 17.8 Å². The van der Waals surface area contributed by atoms with Gasteiger partial charge in [0.15, 0.2) is 5.82 Å². The maximum atomic E-state index is 14.2. The van der Waals surface area contributed by atoms with Gasteiger partial charge in [0.05, 0.1) is 28.8 Å². The van der Waals surface area contributed by atoms with Gasteiger partial charge >= 0.3 is 0 Å². The number of nitrogens with zero attached hydrogens (tertiary/aromatic N) is 2. The molecule has 0 N–H and O–H groups in total. The average Bonchev–Trinajstić information content (AvgIpc) is 2.93. The summed E-state index contributed by atoms with van der Waals surface area (Å²) in [6, 6.07) is 9.14. The van der Waals surface area contributed by atoms with Gasteiger partial charge in [0.2, 0.25) is 0 Å². The van der Waals surface area contributed by atoms with Gasteiger partial charge in [-0.3, -0.25) is 4.57 Å². The van der Waals surface area contributed by atoms with Crippen LogP contribution in [0.3, 0.4) is 0 Å². The summed E-state index contributed by atoms with van der Waals surface area (Å²) in [5.74, 6) is -1.51. The van der Waals surface area contributed by atoms with Gasteiger partial charge in [-0.1, -0.05) is 23.2 Å². The third kappa shape index (κ3) is 2.52. The van der Waals surface area contributed by atoms with E-state index in [1.165, 1.54) is 18.6 Å². The summed E-state index contributed by atoms with van der Waals surface area (Å²) in [6.07, 6.45) is 2.85. The lowest BCUT2D eigenvalue weighted by atomic mass is 10.1. The first kappa shape index (κ1) is 14.0. The van der Waals surface area contributed by atoms with Crippen molar-refractivity contribution in [1.82, 2.24) is 9.55 Å². The molecule has 0 bridgehead atoms. The van der Waals surface area contributed by atoms with E-state index in [-0.39, 0.29) is 16.3 Å². The number of rotatable bonds is 2. The summed E-state index contributed by atoms with van der Waals surface area (Å²) < 4.78 is 29.7. The van der Waals surface area contributed by atoms with Crippen molar-refractivity contribution in [3.8, 4) is 16.9 Å². The van der Waals surface area contributed by atoms with Crippen molar-refractivity contribution >= 4 is 23.2 Å².